The summed E-state index contributed by atoms with van der Waals surface area (Å²) in [6.07, 6.45) is 0. The van der Waals surface area contributed by atoms with Crippen molar-refractivity contribution in [2.24, 2.45) is 5.92 Å². The molecule has 0 spiro atoms. The molecule has 22 heavy (non-hydrogen) atoms. The zero-order valence-electron chi connectivity index (χ0n) is 12.4. The highest BCUT2D eigenvalue weighted by Gasteiger charge is 2.10. The van der Waals surface area contributed by atoms with Gasteiger partial charge in [-0.05, 0) is 42.3 Å². The highest BCUT2D eigenvalue weighted by atomic mass is 35.5. The van der Waals surface area contributed by atoms with Crippen LogP contribution in [0, 0.1) is 5.92 Å². The topological polar surface area (TPSA) is 38.3 Å². The van der Waals surface area contributed by atoms with E-state index in [2.05, 4.69) is 19.2 Å². The summed E-state index contributed by atoms with van der Waals surface area (Å²) in [5.41, 5.74) is 0.977. The van der Waals surface area contributed by atoms with Crippen molar-refractivity contribution in [2.75, 3.05) is 11.9 Å². The van der Waals surface area contributed by atoms with Gasteiger partial charge in [-0.2, -0.15) is 0 Å². The number of nitrogens with one attached hydrogen (secondary N) is 1. The van der Waals surface area contributed by atoms with Gasteiger partial charge < -0.3 is 10.1 Å². The molecule has 0 unspecified atom stereocenters. The van der Waals surface area contributed by atoms with Gasteiger partial charge in [0.05, 0.1) is 17.3 Å². The molecule has 0 bridgehead atoms. The third-order valence-corrected chi connectivity index (χ3v) is 3.42. The third-order valence-electron chi connectivity index (χ3n) is 2.86. The minimum atomic E-state index is -0.265. The number of ether oxygens (including phenoxy) is 1. The summed E-state index contributed by atoms with van der Waals surface area (Å²) in [7, 11) is 0. The zero-order valence-corrected chi connectivity index (χ0v) is 13.9. The van der Waals surface area contributed by atoms with Crippen LogP contribution < -0.4 is 10.1 Å². The van der Waals surface area contributed by atoms with Crippen LogP contribution in [0.2, 0.25) is 10.0 Å². The minimum absolute atomic E-state index is 0.265. The highest BCUT2D eigenvalue weighted by Crippen LogP contribution is 2.26. The van der Waals surface area contributed by atoms with Gasteiger partial charge in [0, 0.05) is 10.6 Å². The van der Waals surface area contributed by atoms with Crippen LogP contribution in [0.5, 0.6) is 5.75 Å². The summed E-state index contributed by atoms with van der Waals surface area (Å²) in [5.74, 6) is 0.820. The van der Waals surface area contributed by atoms with Crippen LogP contribution in [-0.2, 0) is 0 Å². The fraction of sp³-hybridized carbons (Fsp3) is 0.235. The lowest BCUT2D eigenvalue weighted by atomic mass is 10.2. The minimum Gasteiger partial charge on any atom is -0.493 e. The van der Waals surface area contributed by atoms with Crippen LogP contribution in [0.4, 0.5) is 5.69 Å². The highest BCUT2D eigenvalue weighted by molar-refractivity contribution is 6.35. The molecule has 0 aliphatic rings. The Morgan fingerprint density at radius 2 is 1.95 bits per heavy atom. The molecule has 0 heterocycles. The van der Waals surface area contributed by atoms with Crippen molar-refractivity contribution in [1.82, 2.24) is 0 Å². The maximum atomic E-state index is 12.3. The number of rotatable bonds is 5. The summed E-state index contributed by atoms with van der Waals surface area (Å²) in [6.45, 7) is 4.74. The molecule has 0 fully saturated rings. The van der Waals surface area contributed by atoms with Crippen LogP contribution in [0.1, 0.15) is 24.2 Å². The molecule has 1 N–H and O–H groups in total. The maximum Gasteiger partial charge on any atom is 0.255 e. The van der Waals surface area contributed by atoms with Gasteiger partial charge in [0.25, 0.3) is 5.91 Å². The number of hydrogen-bond acceptors (Lipinski definition) is 2. The second-order valence-corrected chi connectivity index (χ2v) is 6.15. The number of carbonyl (C=O) groups is 1. The van der Waals surface area contributed by atoms with Crippen molar-refractivity contribution >= 4 is 34.8 Å². The van der Waals surface area contributed by atoms with E-state index in [1.54, 1.807) is 36.4 Å². The van der Waals surface area contributed by atoms with Crippen molar-refractivity contribution in [1.29, 1.82) is 0 Å². The Morgan fingerprint density at radius 1 is 1.18 bits per heavy atom. The van der Waals surface area contributed by atoms with Gasteiger partial charge in [0.2, 0.25) is 0 Å². The molecule has 0 aromatic heterocycles. The normalized spacial score (nSPS) is 10.6. The van der Waals surface area contributed by atoms with Gasteiger partial charge >= 0.3 is 0 Å². The summed E-state index contributed by atoms with van der Waals surface area (Å²) in [6, 6.07) is 11.9. The Bertz CT molecular complexity index is 671. The number of hydrogen-bond donors (Lipinski definition) is 1. The van der Waals surface area contributed by atoms with Gasteiger partial charge in [-0.1, -0.05) is 43.1 Å². The Kier molecular flexibility index (Phi) is 5.69. The first kappa shape index (κ1) is 16.7. The molecule has 0 aliphatic carbocycles. The monoisotopic (exact) mass is 337 g/mol. The second-order valence-electron chi connectivity index (χ2n) is 5.31. The predicted octanol–water partition coefficient (Wildman–Crippen LogP) is 5.28. The molecule has 0 atom stereocenters. The molecule has 0 aliphatic heterocycles. The maximum absolute atomic E-state index is 12.3. The molecule has 5 heteroatoms. The lowest BCUT2D eigenvalue weighted by Gasteiger charge is -2.11. The van der Waals surface area contributed by atoms with E-state index in [-0.39, 0.29) is 5.91 Å². The third kappa shape index (κ3) is 4.65. The molecule has 116 valence electrons. The largest absolute Gasteiger partial charge is 0.493 e. The lowest BCUT2D eigenvalue weighted by Crippen LogP contribution is -2.12. The predicted molar refractivity (Wildman–Crippen MR) is 91.2 cm³/mol. The molecule has 2 aromatic rings. The van der Waals surface area contributed by atoms with E-state index in [0.29, 0.717) is 39.6 Å². The smallest absolute Gasteiger partial charge is 0.255 e. The van der Waals surface area contributed by atoms with E-state index in [4.69, 9.17) is 27.9 Å². The van der Waals surface area contributed by atoms with Gasteiger partial charge in [0.15, 0.2) is 0 Å². The Morgan fingerprint density at radius 3 is 2.68 bits per heavy atom. The van der Waals surface area contributed by atoms with Crippen LogP contribution in [0.25, 0.3) is 0 Å². The van der Waals surface area contributed by atoms with Gasteiger partial charge in [-0.25, -0.2) is 0 Å². The number of anilines is 1. The molecule has 0 saturated carbocycles. The number of amides is 1. The molecule has 2 rings (SSSR count). The van der Waals surface area contributed by atoms with Crippen LogP contribution in [-0.4, -0.2) is 12.5 Å². The van der Waals surface area contributed by atoms with Crippen molar-refractivity contribution in [3.8, 4) is 5.75 Å². The van der Waals surface area contributed by atoms with E-state index in [1.165, 1.54) is 0 Å². The Hall–Kier alpha value is -1.71. The van der Waals surface area contributed by atoms with Gasteiger partial charge in [-0.3, -0.25) is 4.79 Å². The van der Waals surface area contributed by atoms with E-state index in [1.807, 2.05) is 6.07 Å². The molecule has 0 saturated heterocycles. The molecule has 2 aromatic carbocycles. The fourth-order valence-electron chi connectivity index (χ4n) is 1.78. The number of halogens is 2. The van der Waals surface area contributed by atoms with E-state index < -0.39 is 0 Å². The van der Waals surface area contributed by atoms with Crippen molar-refractivity contribution < 1.29 is 9.53 Å². The van der Waals surface area contributed by atoms with Crippen molar-refractivity contribution in [3.63, 3.8) is 0 Å². The first-order chi connectivity index (χ1) is 10.5. The first-order valence-electron chi connectivity index (χ1n) is 6.95. The Labute approximate surface area is 140 Å². The van der Waals surface area contributed by atoms with E-state index in [9.17, 15) is 4.79 Å². The van der Waals surface area contributed by atoms with E-state index >= 15 is 0 Å². The SMILES string of the molecule is CC(C)COc1cccc(C(=O)Nc2cc(Cl)ccc2Cl)c1. The average Bonchev–Trinajstić information content (AvgIpc) is 2.49. The second kappa shape index (κ2) is 7.52. The Balaban J connectivity index is 2.12. The summed E-state index contributed by atoms with van der Waals surface area (Å²) >= 11 is 12.0. The van der Waals surface area contributed by atoms with Crippen LogP contribution in [0.3, 0.4) is 0 Å². The number of carbonyl (C=O) groups excluding carboxylic acids is 1. The molecular formula is C17H17Cl2NO2. The van der Waals surface area contributed by atoms with Crippen molar-refractivity contribution in [2.45, 2.75) is 13.8 Å². The van der Waals surface area contributed by atoms with Crippen LogP contribution in [0.15, 0.2) is 42.5 Å². The summed E-state index contributed by atoms with van der Waals surface area (Å²) in [5, 5.41) is 3.69. The molecular weight excluding hydrogens is 321 g/mol. The quantitative estimate of drug-likeness (QED) is 0.805. The van der Waals surface area contributed by atoms with Crippen molar-refractivity contribution in [3.05, 3.63) is 58.1 Å². The first-order valence-corrected chi connectivity index (χ1v) is 7.70. The van der Waals surface area contributed by atoms with Gasteiger partial charge in [0.1, 0.15) is 5.75 Å². The summed E-state index contributed by atoms with van der Waals surface area (Å²) < 4.78 is 5.62. The lowest BCUT2D eigenvalue weighted by molar-refractivity contribution is 0.102. The van der Waals surface area contributed by atoms with Gasteiger partial charge in [-0.15, -0.1) is 0 Å². The standard InChI is InChI=1S/C17H17Cl2NO2/c1-11(2)10-22-14-5-3-4-12(8-14)17(21)20-16-9-13(18)6-7-15(16)19/h3-9,11H,10H2,1-2H3,(H,20,21). The molecule has 1 amide bonds. The zero-order chi connectivity index (χ0) is 16.1. The number of benzene rings is 2. The molecule has 0 radical (unpaired) electrons. The van der Waals surface area contributed by atoms with Crippen LogP contribution >= 0.6 is 23.2 Å². The average molecular weight is 338 g/mol. The fourth-order valence-corrected chi connectivity index (χ4v) is 2.11. The van der Waals surface area contributed by atoms with E-state index in [0.717, 1.165) is 0 Å². The summed E-state index contributed by atoms with van der Waals surface area (Å²) in [4.78, 5) is 12.3. The molecule has 3 nitrogen and oxygen atoms in total.